The van der Waals surface area contributed by atoms with Crippen molar-refractivity contribution in [2.45, 2.75) is 19.3 Å². The molecule has 22 heavy (non-hydrogen) atoms. The van der Waals surface area contributed by atoms with Gasteiger partial charge in [-0.2, -0.15) is 0 Å². The van der Waals surface area contributed by atoms with Crippen LogP contribution in [0.3, 0.4) is 0 Å². The zero-order valence-electron chi connectivity index (χ0n) is 11.6. The predicted molar refractivity (Wildman–Crippen MR) is 73.2 cm³/mol. The van der Waals surface area contributed by atoms with Crippen LogP contribution in [-0.2, 0) is 0 Å². The lowest BCUT2D eigenvalue weighted by Gasteiger charge is -2.14. The molecule has 1 aromatic heterocycles. The summed E-state index contributed by atoms with van der Waals surface area (Å²) in [5, 5.41) is 2.74. The second-order valence-electron chi connectivity index (χ2n) is 4.55. The summed E-state index contributed by atoms with van der Waals surface area (Å²) < 4.78 is 39.9. The summed E-state index contributed by atoms with van der Waals surface area (Å²) in [5.74, 6) is -0.765. The molecule has 0 radical (unpaired) electrons. The lowest BCUT2D eigenvalue weighted by molar-refractivity contribution is -0.274. The Labute approximate surface area is 124 Å². The van der Waals surface area contributed by atoms with Crippen molar-refractivity contribution in [2.75, 3.05) is 0 Å². The van der Waals surface area contributed by atoms with Crippen molar-refractivity contribution in [3.8, 4) is 5.75 Å². The van der Waals surface area contributed by atoms with E-state index in [4.69, 9.17) is 0 Å². The summed E-state index contributed by atoms with van der Waals surface area (Å²) >= 11 is 0. The Morgan fingerprint density at radius 1 is 1.23 bits per heavy atom. The number of nitrogens with one attached hydrogen (secondary N) is 1. The fraction of sp³-hybridized carbons (Fsp3) is 0.200. The van der Waals surface area contributed by atoms with Gasteiger partial charge in [-0.25, -0.2) is 0 Å². The minimum absolute atomic E-state index is 0.241. The molecule has 0 aliphatic rings. The Kier molecular flexibility index (Phi) is 4.65. The third-order valence-corrected chi connectivity index (χ3v) is 2.88. The van der Waals surface area contributed by atoms with Gasteiger partial charge in [-0.05, 0) is 42.8 Å². The van der Waals surface area contributed by atoms with Gasteiger partial charge < -0.3 is 10.1 Å². The maximum Gasteiger partial charge on any atom is 0.573 e. The molecule has 0 fully saturated rings. The first-order valence-corrected chi connectivity index (χ1v) is 6.42. The van der Waals surface area contributed by atoms with Gasteiger partial charge in [-0.1, -0.05) is 6.07 Å². The lowest BCUT2D eigenvalue weighted by atomic mass is 10.1. The molecule has 1 atom stereocenters. The van der Waals surface area contributed by atoms with E-state index in [1.54, 1.807) is 25.4 Å². The lowest BCUT2D eigenvalue weighted by Crippen LogP contribution is -2.26. The number of pyridine rings is 1. The number of benzene rings is 1. The average Bonchev–Trinajstić information content (AvgIpc) is 2.47. The first-order chi connectivity index (χ1) is 10.3. The topological polar surface area (TPSA) is 51.2 Å². The molecule has 0 aliphatic carbocycles. The summed E-state index contributed by atoms with van der Waals surface area (Å²) in [6, 6.07) is 8.03. The minimum atomic E-state index is -4.75. The van der Waals surface area contributed by atoms with Gasteiger partial charge in [0.15, 0.2) is 0 Å². The number of ether oxygens (including phenoxy) is 1. The molecule has 0 aliphatic heterocycles. The summed E-state index contributed by atoms with van der Waals surface area (Å²) in [7, 11) is 0. The van der Waals surface area contributed by atoms with Crippen LogP contribution >= 0.6 is 0 Å². The fourth-order valence-corrected chi connectivity index (χ4v) is 1.80. The number of aromatic nitrogens is 1. The smallest absolute Gasteiger partial charge is 0.406 e. The predicted octanol–water partition coefficient (Wildman–Crippen LogP) is 3.47. The summed E-state index contributed by atoms with van der Waals surface area (Å²) in [6.07, 6.45) is -1.50. The van der Waals surface area contributed by atoms with Crippen molar-refractivity contribution in [3.63, 3.8) is 0 Å². The Bertz CT molecular complexity index is 627. The van der Waals surface area contributed by atoms with Gasteiger partial charge in [0.25, 0.3) is 5.91 Å². The van der Waals surface area contributed by atoms with E-state index in [2.05, 4.69) is 15.0 Å². The molecular formula is C15H13F3N2O2. The number of hydrogen-bond donors (Lipinski definition) is 1. The molecule has 0 bridgehead atoms. The van der Waals surface area contributed by atoms with E-state index in [0.717, 1.165) is 17.7 Å². The molecule has 2 rings (SSSR count). The van der Waals surface area contributed by atoms with Crippen LogP contribution in [0.15, 0.2) is 48.8 Å². The number of carbonyl (C=O) groups is 1. The highest BCUT2D eigenvalue weighted by atomic mass is 19.4. The third-order valence-electron chi connectivity index (χ3n) is 2.88. The Morgan fingerprint density at radius 3 is 2.45 bits per heavy atom. The molecule has 116 valence electrons. The van der Waals surface area contributed by atoms with Crippen molar-refractivity contribution in [1.29, 1.82) is 0 Å². The van der Waals surface area contributed by atoms with E-state index in [1.165, 1.54) is 12.1 Å². The molecule has 0 saturated heterocycles. The zero-order chi connectivity index (χ0) is 16.2. The largest absolute Gasteiger partial charge is 0.573 e. The maximum absolute atomic E-state index is 12.1. The van der Waals surface area contributed by atoms with E-state index in [-0.39, 0.29) is 17.4 Å². The number of halogens is 3. The van der Waals surface area contributed by atoms with Crippen LogP contribution in [0.5, 0.6) is 5.75 Å². The Morgan fingerprint density at radius 2 is 1.91 bits per heavy atom. The second kappa shape index (κ2) is 6.46. The van der Waals surface area contributed by atoms with Crippen molar-refractivity contribution in [3.05, 3.63) is 59.9 Å². The molecule has 1 heterocycles. The van der Waals surface area contributed by atoms with Crippen LogP contribution in [0.4, 0.5) is 13.2 Å². The molecule has 4 nitrogen and oxygen atoms in total. The van der Waals surface area contributed by atoms with Gasteiger partial charge in [0.1, 0.15) is 5.75 Å². The van der Waals surface area contributed by atoms with Crippen LogP contribution in [0.25, 0.3) is 0 Å². The van der Waals surface area contributed by atoms with Crippen LogP contribution < -0.4 is 10.1 Å². The number of alkyl halides is 3. The van der Waals surface area contributed by atoms with Gasteiger partial charge >= 0.3 is 6.36 Å². The van der Waals surface area contributed by atoms with Gasteiger partial charge in [-0.15, -0.1) is 13.2 Å². The summed E-state index contributed by atoms with van der Waals surface area (Å²) in [5.41, 5.74) is 1.07. The van der Waals surface area contributed by atoms with E-state index in [9.17, 15) is 18.0 Å². The van der Waals surface area contributed by atoms with Crippen molar-refractivity contribution >= 4 is 5.91 Å². The van der Waals surface area contributed by atoms with Crippen LogP contribution in [0.2, 0.25) is 0 Å². The normalized spacial score (nSPS) is 12.5. The SMILES string of the molecule is C[C@@H](NC(=O)c1ccc(OC(F)(F)F)cc1)c1cccnc1. The van der Waals surface area contributed by atoms with Crippen molar-refractivity contribution < 1.29 is 22.7 Å². The standard InChI is InChI=1S/C15H13F3N2O2/c1-10(12-3-2-8-19-9-12)20-14(21)11-4-6-13(7-5-11)22-15(16,17)18/h2-10H,1H3,(H,20,21)/t10-/m1/s1. The van der Waals surface area contributed by atoms with E-state index >= 15 is 0 Å². The molecular weight excluding hydrogens is 297 g/mol. The summed E-state index contributed by atoms with van der Waals surface area (Å²) in [4.78, 5) is 16.0. The second-order valence-corrected chi connectivity index (χ2v) is 4.55. The fourth-order valence-electron chi connectivity index (χ4n) is 1.80. The Balaban J connectivity index is 2.01. The number of carbonyl (C=O) groups excluding carboxylic acids is 1. The van der Waals surface area contributed by atoms with Gasteiger partial charge in [0, 0.05) is 18.0 Å². The highest BCUT2D eigenvalue weighted by Gasteiger charge is 2.31. The van der Waals surface area contributed by atoms with Crippen LogP contribution in [-0.4, -0.2) is 17.3 Å². The first kappa shape index (κ1) is 15.8. The molecule has 1 N–H and O–H groups in total. The van der Waals surface area contributed by atoms with E-state index in [1.807, 2.05) is 6.07 Å². The van der Waals surface area contributed by atoms with Gasteiger partial charge in [-0.3, -0.25) is 9.78 Å². The van der Waals surface area contributed by atoms with Crippen LogP contribution in [0, 0.1) is 0 Å². The Hall–Kier alpha value is -2.57. The molecule has 1 aromatic carbocycles. The highest BCUT2D eigenvalue weighted by molar-refractivity contribution is 5.94. The number of nitrogens with zero attached hydrogens (tertiary/aromatic N) is 1. The maximum atomic E-state index is 12.1. The third kappa shape index (κ3) is 4.47. The molecule has 0 spiro atoms. The first-order valence-electron chi connectivity index (χ1n) is 6.42. The number of rotatable bonds is 4. The average molecular weight is 310 g/mol. The number of hydrogen-bond acceptors (Lipinski definition) is 3. The van der Waals surface area contributed by atoms with Crippen LogP contribution in [0.1, 0.15) is 28.9 Å². The van der Waals surface area contributed by atoms with Gasteiger partial charge in [0.05, 0.1) is 6.04 Å². The number of amides is 1. The molecule has 2 aromatic rings. The van der Waals surface area contributed by atoms with E-state index in [0.29, 0.717) is 0 Å². The minimum Gasteiger partial charge on any atom is -0.406 e. The highest BCUT2D eigenvalue weighted by Crippen LogP contribution is 2.23. The molecule has 7 heteroatoms. The molecule has 0 unspecified atom stereocenters. The quantitative estimate of drug-likeness (QED) is 0.940. The van der Waals surface area contributed by atoms with Crippen molar-refractivity contribution in [1.82, 2.24) is 10.3 Å². The monoisotopic (exact) mass is 310 g/mol. The summed E-state index contributed by atoms with van der Waals surface area (Å²) in [6.45, 7) is 1.79. The molecule has 0 saturated carbocycles. The zero-order valence-corrected chi connectivity index (χ0v) is 11.6. The molecule has 1 amide bonds. The van der Waals surface area contributed by atoms with Gasteiger partial charge in [0.2, 0.25) is 0 Å². The van der Waals surface area contributed by atoms with E-state index < -0.39 is 12.3 Å². The van der Waals surface area contributed by atoms with Crippen molar-refractivity contribution in [2.24, 2.45) is 0 Å².